The number of nitrogens with zero attached hydrogens (tertiary/aromatic N) is 2. The zero-order valence-corrected chi connectivity index (χ0v) is 9.48. The first kappa shape index (κ1) is 11.4. The number of aromatic nitrogens is 3. The van der Waals surface area contributed by atoms with Crippen LogP contribution in [0.25, 0.3) is 11.0 Å². The predicted molar refractivity (Wildman–Crippen MR) is 62.0 cm³/mol. The third kappa shape index (κ3) is 1.64. The molecule has 7 nitrogen and oxygen atoms in total. The summed E-state index contributed by atoms with van der Waals surface area (Å²) in [5, 5.41) is 19.2. The summed E-state index contributed by atoms with van der Waals surface area (Å²) in [4.78, 5) is 18.2. The maximum absolute atomic E-state index is 11.6. The molecule has 3 N–H and O–H groups in total. The van der Waals surface area contributed by atoms with Crippen molar-refractivity contribution >= 4 is 11.0 Å². The van der Waals surface area contributed by atoms with Crippen molar-refractivity contribution in [1.82, 2.24) is 14.5 Å². The highest BCUT2D eigenvalue weighted by Crippen LogP contribution is 2.30. The summed E-state index contributed by atoms with van der Waals surface area (Å²) in [6.45, 7) is -0.231. The van der Waals surface area contributed by atoms with E-state index in [-0.39, 0.29) is 12.2 Å². The Morgan fingerprint density at radius 2 is 2.44 bits per heavy atom. The second-order valence-corrected chi connectivity index (χ2v) is 4.31. The zero-order chi connectivity index (χ0) is 12.7. The van der Waals surface area contributed by atoms with Gasteiger partial charge in [-0.15, -0.1) is 0 Å². The molecule has 0 amide bonds. The van der Waals surface area contributed by atoms with Crippen LogP contribution in [0.2, 0.25) is 0 Å². The normalized spacial score (nSPS) is 28.0. The van der Waals surface area contributed by atoms with Gasteiger partial charge in [-0.25, -0.2) is 4.98 Å². The van der Waals surface area contributed by atoms with Crippen LogP contribution in [0.1, 0.15) is 12.6 Å². The minimum absolute atomic E-state index is 0.212. The first-order valence-electron chi connectivity index (χ1n) is 5.69. The minimum atomic E-state index is -0.709. The number of nitrogens with one attached hydrogen (secondary N) is 1. The highest BCUT2D eigenvalue weighted by Gasteiger charge is 2.34. The third-order valence-corrected chi connectivity index (χ3v) is 3.21. The highest BCUT2D eigenvalue weighted by atomic mass is 16.5. The van der Waals surface area contributed by atoms with E-state index in [1.54, 1.807) is 16.8 Å². The van der Waals surface area contributed by atoms with Crippen molar-refractivity contribution in [2.75, 3.05) is 6.61 Å². The number of fused-ring (bicyclic) bond motifs is 1. The van der Waals surface area contributed by atoms with E-state index in [1.807, 2.05) is 0 Å². The first-order valence-corrected chi connectivity index (χ1v) is 5.69. The lowest BCUT2D eigenvalue weighted by molar-refractivity contribution is -0.0430. The van der Waals surface area contributed by atoms with Crippen molar-refractivity contribution in [1.29, 1.82) is 0 Å². The summed E-state index contributed by atoms with van der Waals surface area (Å²) in [6, 6.07) is 1.66. The molecule has 1 fully saturated rings. The molecule has 2 aromatic heterocycles. The van der Waals surface area contributed by atoms with Crippen LogP contribution in [0.4, 0.5) is 0 Å². The van der Waals surface area contributed by atoms with E-state index >= 15 is 0 Å². The zero-order valence-electron chi connectivity index (χ0n) is 9.48. The molecule has 3 atom stereocenters. The molecule has 0 bridgehead atoms. The Kier molecular flexibility index (Phi) is 2.66. The second-order valence-electron chi connectivity index (χ2n) is 4.31. The van der Waals surface area contributed by atoms with Crippen molar-refractivity contribution in [3.8, 4) is 0 Å². The van der Waals surface area contributed by atoms with E-state index in [4.69, 9.17) is 9.84 Å². The Balaban J connectivity index is 2.01. The van der Waals surface area contributed by atoms with E-state index in [9.17, 15) is 9.90 Å². The van der Waals surface area contributed by atoms with Crippen LogP contribution in [-0.4, -0.2) is 43.6 Å². The fourth-order valence-electron chi connectivity index (χ4n) is 2.26. The van der Waals surface area contributed by atoms with E-state index in [2.05, 4.69) is 9.97 Å². The second kappa shape index (κ2) is 4.20. The molecule has 0 aromatic carbocycles. The van der Waals surface area contributed by atoms with Gasteiger partial charge in [0.2, 0.25) is 0 Å². The number of aromatic amines is 1. The molecule has 3 rings (SSSR count). The monoisotopic (exact) mass is 251 g/mol. The fraction of sp³-hybridized carbons (Fsp3) is 0.455. The van der Waals surface area contributed by atoms with Gasteiger partial charge in [-0.3, -0.25) is 4.79 Å². The van der Waals surface area contributed by atoms with Gasteiger partial charge in [-0.2, -0.15) is 0 Å². The summed E-state index contributed by atoms with van der Waals surface area (Å²) in [5.41, 5.74) is 0.297. The molecule has 1 aliphatic rings. The van der Waals surface area contributed by atoms with Gasteiger partial charge in [-0.1, -0.05) is 0 Å². The Hall–Kier alpha value is -1.70. The van der Waals surface area contributed by atoms with Crippen LogP contribution in [0.15, 0.2) is 23.4 Å². The minimum Gasteiger partial charge on any atom is -0.394 e. The summed E-state index contributed by atoms with van der Waals surface area (Å²) in [5.74, 6) is 0. The van der Waals surface area contributed by atoms with Crippen LogP contribution in [0.5, 0.6) is 0 Å². The van der Waals surface area contributed by atoms with Gasteiger partial charge in [-0.05, 0) is 6.07 Å². The van der Waals surface area contributed by atoms with E-state index in [0.717, 1.165) is 0 Å². The number of ether oxygens (including phenoxy) is 1. The summed E-state index contributed by atoms with van der Waals surface area (Å²) < 4.78 is 7.22. The molecule has 0 unspecified atom stereocenters. The average molecular weight is 251 g/mol. The summed E-state index contributed by atoms with van der Waals surface area (Å²) in [7, 11) is 0. The Morgan fingerprint density at radius 3 is 3.17 bits per heavy atom. The number of aliphatic hydroxyl groups is 2. The first-order chi connectivity index (χ1) is 8.70. The number of aliphatic hydroxyl groups excluding tert-OH is 2. The molecule has 3 heterocycles. The topological polar surface area (TPSA) is 100 Å². The largest absolute Gasteiger partial charge is 0.394 e. The molecule has 1 saturated heterocycles. The molecule has 0 saturated carbocycles. The average Bonchev–Trinajstić information content (AvgIpc) is 2.93. The van der Waals surface area contributed by atoms with E-state index in [1.165, 1.54) is 6.33 Å². The molecule has 0 radical (unpaired) electrons. The molecule has 0 spiro atoms. The van der Waals surface area contributed by atoms with E-state index < -0.39 is 18.4 Å². The van der Waals surface area contributed by atoms with Gasteiger partial charge in [0.05, 0.1) is 24.4 Å². The lowest BCUT2D eigenvalue weighted by Crippen LogP contribution is -2.24. The van der Waals surface area contributed by atoms with Crippen molar-refractivity contribution in [3.63, 3.8) is 0 Å². The lowest BCUT2D eigenvalue weighted by atomic mass is 10.2. The van der Waals surface area contributed by atoms with Gasteiger partial charge in [0, 0.05) is 12.6 Å². The molecule has 18 heavy (non-hydrogen) atoms. The van der Waals surface area contributed by atoms with Crippen LogP contribution in [-0.2, 0) is 4.74 Å². The van der Waals surface area contributed by atoms with Crippen LogP contribution >= 0.6 is 0 Å². The fourth-order valence-corrected chi connectivity index (χ4v) is 2.26. The van der Waals surface area contributed by atoms with Gasteiger partial charge >= 0.3 is 0 Å². The lowest BCUT2D eigenvalue weighted by Gasteiger charge is -2.14. The summed E-state index contributed by atoms with van der Waals surface area (Å²) >= 11 is 0. The van der Waals surface area contributed by atoms with Gasteiger partial charge in [0.15, 0.2) is 0 Å². The number of H-pyrrole nitrogens is 1. The molecular weight excluding hydrogens is 238 g/mol. The number of hydrogen-bond acceptors (Lipinski definition) is 5. The smallest absolute Gasteiger partial charge is 0.260 e. The van der Waals surface area contributed by atoms with Crippen LogP contribution < -0.4 is 5.56 Å². The Morgan fingerprint density at radius 1 is 1.61 bits per heavy atom. The maximum Gasteiger partial charge on any atom is 0.260 e. The quantitative estimate of drug-likeness (QED) is 0.659. The molecule has 0 aliphatic carbocycles. The summed E-state index contributed by atoms with van der Waals surface area (Å²) in [6.07, 6.45) is 1.68. The van der Waals surface area contributed by atoms with Crippen LogP contribution in [0, 0.1) is 0 Å². The maximum atomic E-state index is 11.6. The third-order valence-electron chi connectivity index (χ3n) is 3.21. The number of rotatable bonds is 2. The van der Waals surface area contributed by atoms with Crippen molar-refractivity contribution in [2.45, 2.75) is 24.9 Å². The molecular formula is C11H13N3O4. The molecule has 2 aromatic rings. The van der Waals surface area contributed by atoms with Gasteiger partial charge in [0.1, 0.15) is 18.0 Å². The predicted octanol–water partition coefficient (Wildman–Crippen LogP) is -0.635. The van der Waals surface area contributed by atoms with Crippen molar-refractivity contribution in [2.24, 2.45) is 0 Å². The van der Waals surface area contributed by atoms with Gasteiger partial charge in [0.25, 0.3) is 5.56 Å². The van der Waals surface area contributed by atoms with Crippen LogP contribution in [0.3, 0.4) is 0 Å². The molecule has 1 aliphatic heterocycles. The van der Waals surface area contributed by atoms with E-state index in [0.29, 0.717) is 17.5 Å². The van der Waals surface area contributed by atoms with Crippen molar-refractivity contribution in [3.05, 3.63) is 28.9 Å². The standard InChI is InChI=1S/C11H13N3O4/c15-4-8-7(16)3-9(18-8)14-2-1-6-10(14)12-5-13-11(6)17/h1-2,5,7-9,15-16H,3-4H2,(H,12,13,17)/t7-,8+,9+/m0/s1. The van der Waals surface area contributed by atoms with Gasteiger partial charge < -0.3 is 24.5 Å². The SMILES string of the molecule is O=c1[nH]cnc2c1ccn2[C@H]1C[C@H](O)[C@@H](CO)O1. The number of hydrogen-bond donors (Lipinski definition) is 3. The molecule has 96 valence electrons. The highest BCUT2D eigenvalue weighted by molar-refractivity contribution is 5.74. The Bertz CT molecular complexity index is 620. The molecule has 7 heteroatoms. The Labute approximate surface area is 102 Å². The van der Waals surface area contributed by atoms with Crippen molar-refractivity contribution < 1.29 is 14.9 Å².